The zero-order valence-electron chi connectivity index (χ0n) is 39.1. The average molecular weight is 907 g/mol. The van der Waals surface area contributed by atoms with E-state index in [1.807, 2.05) is 0 Å². The van der Waals surface area contributed by atoms with Gasteiger partial charge in [0, 0.05) is 12.8 Å². The summed E-state index contributed by atoms with van der Waals surface area (Å²) in [6.45, 7) is 2.56. The van der Waals surface area contributed by atoms with Crippen molar-refractivity contribution in [2.24, 2.45) is 0 Å². The molecule has 2 heterocycles. The Labute approximate surface area is 378 Å². The van der Waals surface area contributed by atoms with Crippen LogP contribution in [0.25, 0.3) is 0 Å². The van der Waals surface area contributed by atoms with E-state index in [-0.39, 0.29) is 26.1 Å². The number of carbonyl (C=O) groups excluding carboxylic acids is 2. The van der Waals surface area contributed by atoms with Crippen LogP contribution in [-0.4, -0.2) is 142 Å². The number of hydrogen-bond donors (Lipinski definition) is 7. The number of aliphatic hydroxyl groups is 7. The molecule has 7 N–H and O–H groups in total. The first-order chi connectivity index (χ1) is 30.5. The maximum atomic E-state index is 13.0. The molecule has 15 heteroatoms. The van der Waals surface area contributed by atoms with Gasteiger partial charge in [0.05, 0.1) is 19.8 Å². The normalized spacial score (nSPS) is 26.7. The van der Waals surface area contributed by atoms with E-state index in [0.29, 0.717) is 12.8 Å². The Bertz CT molecular complexity index is 1110. The molecule has 0 bridgehead atoms. The summed E-state index contributed by atoms with van der Waals surface area (Å²) in [4.78, 5) is 25.6. The third-order valence-corrected chi connectivity index (χ3v) is 12.3. The molecule has 0 aliphatic carbocycles. The van der Waals surface area contributed by atoms with Crippen molar-refractivity contribution < 1.29 is 73.8 Å². The minimum absolute atomic E-state index is 0.173. The summed E-state index contributed by atoms with van der Waals surface area (Å²) in [5.41, 5.74) is 0. The van der Waals surface area contributed by atoms with E-state index in [2.05, 4.69) is 13.8 Å². The largest absolute Gasteiger partial charge is 0.462 e. The average Bonchev–Trinajstić information content (AvgIpc) is 3.28. The quantitative estimate of drug-likeness (QED) is 0.0260. The molecule has 2 saturated heterocycles. The fourth-order valence-corrected chi connectivity index (χ4v) is 8.16. The van der Waals surface area contributed by atoms with Crippen LogP contribution in [0.1, 0.15) is 200 Å². The topological polar surface area (TPSA) is 231 Å². The van der Waals surface area contributed by atoms with Crippen LogP contribution in [0.15, 0.2) is 0 Å². The van der Waals surface area contributed by atoms with Gasteiger partial charge in [0.25, 0.3) is 0 Å². The Balaban J connectivity index is 1.75. The summed E-state index contributed by atoms with van der Waals surface area (Å²) in [7, 11) is 0. The predicted octanol–water partition coefficient (Wildman–Crippen LogP) is 6.43. The van der Waals surface area contributed by atoms with Crippen molar-refractivity contribution in [1.29, 1.82) is 0 Å². The van der Waals surface area contributed by atoms with Crippen LogP contribution in [0.5, 0.6) is 0 Å². The Kier molecular flexibility index (Phi) is 33.5. The molecule has 372 valence electrons. The van der Waals surface area contributed by atoms with Crippen LogP contribution >= 0.6 is 0 Å². The van der Waals surface area contributed by atoms with Crippen molar-refractivity contribution in [2.75, 3.05) is 26.4 Å². The van der Waals surface area contributed by atoms with Crippen LogP contribution < -0.4 is 0 Å². The van der Waals surface area contributed by atoms with Crippen molar-refractivity contribution in [1.82, 2.24) is 0 Å². The summed E-state index contributed by atoms with van der Waals surface area (Å²) in [5.74, 6) is -0.919. The lowest BCUT2D eigenvalue weighted by atomic mass is 9.98. The summed E-state index contributed by atoms with van der Waals surface area (Å²) in [5, 5.41) is 71.9. The van der Waals surface area contributed by atoms with Gasteiger partial charge in [-0.1, -0.05) is 174 Å². The molecular weight excluding hydrogens is 817 g/mol. The molecule has 0 aromatic heterocycles. The van der Waals surface area contributed by atoms with Crippen LogP contribution in [0.2, 0.25) is 0 Å². The smallest absolute Gasteiger partial charge is 0.306 e. The second-order valence-corrected chi connectivity index (χ2v) is 18.0. The third kappa shape index (κ3) is 25.3. The van der Waals surface area contributed by atoms with Gasteiger partial charge >= 0.3 is 11.9 Å². The molecule has 63 heavy (non-hydrogen) atoms. The van der Waals surface area contributed by atoms with Gasteiger partial charge in [0.1, 0.15) is 55.4 Å². The SMILES string of the molecule is CCCCCCCCCCCCCCCCCCCCCCC(=O)OC(COC(=O)CCCCCCCCC)COC1OC(COC2OC(CO)C(O)C(O)C2O)C(O)C(O)C1O. The molecule has 0 amide bonds. The fraction of sp³-hybridized carbons (Fsp3) is 0.958. The van der Waals surface area contributed by atoms with E-state index in [1.54, 1.807) is 0 Å². The van der Waals surface area contributed by atoms with Crippen molar-refractivity contribution in [3.63, 3.8) is 0 Å². The summed E-state index contributed by atoms with van der Waals surface area (Å²) in [6, 6.07) is 0. The van der Waals surface area contributed by atoms with Crippen LogP contribution in [0.3, 0.4) is 0 Å². The molecule has 0 saturated carbocycles. The van der Waals surface area contributed by atoms with Gasteiger partial charge in [-0.05, 0) is 12.8 Å². The zero-order valence-corrected chi connectivity index (χ0v) is 39.1. The van der Waals surface area contributed by atoms with Crippen molar-refractivity contribution in [3.05, 3.63) is 0 Å². The van der Waals surface area contributed by atoms with Crippen molar-refractivity contribution in [2.45, 2.75) is 268 Å². The van der Waals surface area contributed by atoms with Gasteiger partial charge in [-0.3, -0.25) is 9.59 Å². The summed E-state index contributed by atoms with van der Waals surface area (Å²) in [6.07, 6.45) is 16.0. The molecule has 11 unspecified atom stereocenters. The molecule has 0 aromatic carbocycles. The number of aliphatic hydroxyl groups excluding tert-OH is 7. The highest BCUT2D eigenvalue weighted by Crippen LogP contribution is 2.26. The molecule has 15 nitrogen and oxygen atoms in total. The molecule has 2 fully saturated rings. The fourth-order valence-electron chi connectivity index (χ4n) is 8.16. The molecule has 0 aromatic rings. The molecule has 2 aliphatic heterocycles. The van der Waals surface area contributed by atoms with E-state index < -0.39 is 92.7 Å². The molecule has 2 aliphatic rings. The lowest BCUT2D eigenvalue weighted by Gasteiger charge is -2.42. The second kappa shape index (κ2) is 36.6. The zero-order chi connectivity index (χ0) is 46.1. The lowest BCUT2D eigenvalue weighted by Crippen LogP contribution is -2.61. The van der Waals surface area contributed by atoms with Gasteiger partial charge in [-0.15, -0.1) is 0 Å². The standard InChI is InChI=1S/C48H90O15/c1-3-5-7-9-11-12-13-14-15-16-17-18-19-20-21-22-23-25-27-29-31-40(51)61-36(33-58-39(50)30-28-26-24-10-8-6-4-2)34-59-47-46(57)44(55)42(53)38(63-47)35-60-48-45(56)43(54)41(52)37(32-49)62-48/h36-38,41-49,52-57H,3-35H2,1-2H3. The highest BCUT2D eigenvalue weighted by atomic mass is 16.7. The third-order valence-electron chi connectivity index (χ3n) is 12.3. The van der Waals surface area contributed by atoms with Gasteiger partial charge in [0.15, 0.2) is 18.7 Å². The Hall–Kier alpha value is -1.50. The maximum Gasteiger partial charge on any atom is 0.306 e. The van der Waals surface area contributed by atoms with Crippen LogP contribution in [0.4, 0.5) is 0 Å². The van der Waals surface area contributed by atoms with E-state index in [4.69, 9.17) is 28.4 Å². The maximum absolute atomic E-state index is 13.0. The van der Waals surface area contributed by atoms with Crippen LogP contribution in [0, 0.1) is 0 Å². The van der Waals surface area contributed by atoms with Gasteiger partial charge in [0.2, 0.25) is 0 Å². The molecule has 2 rings (SSSR count). The van der Waals surface area contributed by atoms with E-state index in [1.165, 1.54) is 116 Å². The Morgan fingerprint density at radius 2 is 0.810 bits per heavy atom. The number of carbonyl (C=O) groups is 2. The number of rotatable bonds is 39. The lowest BCUT2D eigenvalue weighted by molar-refractivity contribution is -0.332. The van der Waals surface area contributed by atoms with E-state index >= 15 is 0 Å². The number of ether oxygens (including phenoxy) is 6. The highest BCUT2D eigenvalue weighted by molar-refractivity contribution is 5.70. The van der Waals surface area contributed by atoms with Gasteiger partial charge in [-0.25, -0.2) is 0 Å². The highest BCUT2D eigenvalue weighted by Gasteiger charge is 2.47. The summed E-state index contributed by atoms with van der Waals surface area (Å²) >= 11 is 0. The minimum Gasteiger partial charge on any atom is -0.462 e. The Morgan fingerprint density at radius 3 is 1.24 bits per heavy atom. The number of unbranched alkanes of at least 4 members (excludes halogenated alkanes) is 25. The van der Waals surface area contributed by atoms with Crippen molar-refractivity contribution >= 4 is 11.9 Å². The number of esters is 2. The Morgan fingerprint density at radius 1 is 0.444 bits per heavy atom. The first-order valence-corrected chi connectivity index (χ1v) is 25.1. The molecule has 0 spiro atoms. The molecule has 11 atom stereocenters. The van der Waals surface area contributed by atoms with E-state index in [9.17, 15) is 45.3 Å². The molecular formula is C48H90O15. The summed E-state index contributed by atoms with van der Waals surface area (Å²) < 4.78 is 33.4. The van der Waals surface area contributed by atoms with E-state index in [0.717, 1.165) is 44.9 Å². The number of hydrogen-bond acceptors (Lipinski definition) is 15. The minimum atomic E-state index is -1.76. The van der Waals surface area contributed by atoms with Gasteiger partial charge in [-0.2, -0.15) is 0 Å². The first-order valence-electron chi connectivity index (χ1n) is 25.1. The van der Waals surface area contributed by atoms with Gasteiger partial charge < -0.3 is 64.2 Å². The van der Waals surface area contributed by atoms with Crippen LogP contribution in [-0.2, 0) is 38.0 Å². The van der Waals surface area contributed by atoms with Crippen molar-refractivity contribution in [3.8, 4) is 0 Å². The predicted molar refractivity (Wildman–Crippen MR) is 238 cm³/mol. The monoisotopic (exact) mass is 907 g/mol. The second-order valence-electron chi connectivity index (χ2n) is 18.0. The molecule has 0 radical (unpaired) electrons. The first kappa shape index (κ1) is 57.6.